The highest BCUT2D eigenvalue weighted by atomic mass is 35.5. The van der Waals surface area contributed by atoms with Crippen LogP contribution in [0.25, 0.3) is 0 Å². The molecular weight excluding hydrogens is 535 g/mol. The Morgan fingerprint density at radius 3 is 2.08 bits per heavy atom. The van der Waals surface area contributed by atoms with Crippen LogP contribution in [0, 0.1) is 20.8 Å². The normalized spacial score (nSPS) is 14.2. The minimum absolute atomic E-state index is 0.0343. The van der Waals surface area contributed by atoms with E-state index in [4.69, 9.17) is 21.5 Å². The molecule has 1 fully saturated rings. The summed E-state index contributed by atoms with van der Waals surface area (Å²) >= 11 is 6.31. The van der Waals surface area contributed by atoms with E-state index in [1.165, 1.54) is 4.31 Å². The van der Waals surface area contributed by atoms with Gasteiger partial charge in [0.25, 0.3) is 0 Å². The number of hydrogen-bond acceptors (Lipinski definition) is 5. The van der Waals surface area contributed by atoms with Crippen LogP contribution in [0.2, 0.25) is 5.02 Å². The minimum Gasteiger partial charge on any atom is -0.475 e. The van der Waals surface area contributed by atoms with Crippen LogP contribution in [0.1, 0.15) is 22.3 Å². The van der Waals surface area contributed by atoms with Crippen LogP contribution in [-0.4, -0.2) is 73.5 Å². The first kappa shape index (κ1) is 30.6. The first-order valence-electron chi connectivity index (χ1n) is 11.2. The van der Waals surface area contributed by atoms with Crippen molar-refractivity contribution in [3.63, 3.8) is 0 Å². The number of halogens is 4. The van der Waals surface area contributed by atoms with Crippen molar-refractivity contribution in [2.24, 2.45) is 0 Å². The SMILES string of the molecule is Cc1cc(C)c(S(=O)(=O)N(CC(=O)N2CCNCC2)Cc2ccccc2Cl)c(C)c1.O=C(O)C(F)(F)F. The summed E-state index contributed by atoms with van der Waals surface area (Å²) in [7, 11) is -3.92. The van der Waals surface area contributed by atoms with E-state index in [0.717, 1.165) is 5.56 Å². The lowest BCUT2D eigenvalue weighted by molar-refractivity contribution is -0.192. The van der Waals surface area contributed by atoms with Gasteiger partial charge in [-0.3, -0.25) is 4.79 Å². The first-order valence-corrected chi connectivity index (χ1v) is 13.1. The van der Waals surface area contributed by atoms with Crippen LogP contribution >= 0.6 is 11.6 Å². The second-order valence-electron chi connectivity index (χ2n) is 8.53. The van der Waals surface area contributed by atoms with Crippen LogP contribution in [0.4, 0.5) is 13.2 Å². The summed E-state index contributed by atoms with van der Waals surface area (Å²) in [6.07, 6.45) is -5.08. The molecule has 0 bridgehead atoms. The van der Waals surface area contributed by atoms with Gasteiger partial charge in [0.15, 0.2) is 0 Å². The van der Waals surface area contributed by atoms with Crippen molar-refractivity contribution in [1.29, 1.82) is 0 Å². The Hall–Kier alpha value is -2.67. The van der Waals surface area contributed by atoms with Crippen LogP contribution in [0.5, 0.6) is 0 Å². The fraction of sp³-hybridized carbons (Fsp3) is 0.417. The fourth-order valence-electron chi connectivity index (χ4n) is 3.91. The molecule has 13 heteroatoms. The van der Waals surface area contributed by atoms with Gasteiger partial charge >= 0.3 is 12.1 Å². The lowest BCUT2D eigenvalue weighted by atomic mass is 10.1. The second-order valence-corrected chi connectivity index (χ2v) is 10.8. The number of hydrogen-bond donors (Lipinski definition) is 2. The maximum Gasteiger partial charge on any atom is 0.490 e. The number of aliphatic carboxylic acids is 1. The summed E-state index contributed by atoms with van der Waals surface area (Å²) in [4.78, 5) is 23.8. The Morgan fingerprint density at radius 2 is 1.59 bits per heavy atom. The van der Waals surface area contributed by atoms with E-state index in [0.29, 0.717) is 47.9 Å². The molecule has 1 aliphatic rings. The highest BCUT2D eigenvalue weighted by Crippen LogP contribution is 2.28. The van der Waals surface area contributed by atoms with Crippen molar-refractivity contribution in [2.45, 2.75) is 38.4 Å². The highest BCUT2D eigenvalue weighted by molar-refractivity contribution is 7.89. The van der Waals surface area contributed by atoms with Crippen LogP contribution in [0.3, 0.4) is 0 Å². The number of carbonyl (C=O) groups excluding carboxylic acids is 1. The Morgan fingerprint density at radius 1 is 1.08 bits per heavy atom. The smallest absolute Gasteiger partial charge is 0.475 e. The number of nitrogens with one attached hydrogen (secondary N) is 1. The third kappa shape index (κ3) is 8.42. The number of piperazine rings is 1. The number of alkyl halides is 3. The van der Waals surface area contributed by atoms with Gasteiger partial charge in [0.1, 0.15) is 0 Å². The van der Waals surface area contributed by atoms with E-state index in [1.807, 2.05) is 25.1 Å². The van der Waals surface area contributed by atoms with Gasteiger partial charge in [0.2, 0.25) is 15.9 Å². The summed E-state index contributed by atoms with van der Waals surface area (Å²) in [5.41, 5.74) is 3.01. The maximum atomic E-state index is 13.7. The number of nitrogens with zero attached hydrogens (tertiary/aromatic N) is 2. The van der Waals surface area contributed by atoms with E-state index in [1.54, 1.807) is 36.9 Å². The van der Waals surface area contributed by atoms with Crippen molar-refractivity contribution >= 4 is 33.5 Å². The van der Waals surface area contributed by atoms with E-state index in [-0.39, 0.29) is 23.9 Å². The first-order chi connectivity index (χ1) is 17.1. The van der Waals surface area contributed by atoms with Crippen molar-refractivity contribution in [3.05, 3.63) is 63.7 Å². The molecule has 0 unspecified atom stereocenters. The Labute approximate surface area is 219 Å². The second kappa shape index (κ2) is 12.7. The molecule has 1 heterocycles. The number of benzene rings is 2. The number of rotatable bonds is 6. The maximum absolute atomic E-state index is 13.7. The largest absolute Gasteiger partial charge is 0.490 e. The molecule has 1 amide bonds. The lowest BCUT2D eigenvalue weighted by Crippen LogP contribution is -2.50. The topological polar surface area (TPSA) is 107 Å². The molecule has 204 valence electrons. The molecule has 2 N–H and O–H groups in total. The summed E-state index contributed by atoms with van der Waals surface area (Å²) in [6.45, 7) is 7.89. The molecule has 1 saturated heterocycles. The molecule has 2 aromatic carbocycles. The van der Waals surface area contributed by atoms with Gasteiger partial charge in [-0.15, -0.1) is 0 Å². The zero-order chi connectivity index (χ0) is 28.0. The van der Waals surface area contributed by atoms with Crippen LogP contribution in [-0.2, 0) is 26.2 Å². The van der Waals surface area contributed by atoms with Gasteiger partial charge in [-0.1, -0.05) is 47.5 Å². The van der Waals surface area contributed by atoms with Crippen LogP contribution in [0.15, 0.2) is 41.3 Å². The molecule has 0 radical (unpaired) electrons. The van der Waals surface area contributed by atoms with Crippen molar-refractivity contribution in [1.82, 2.24) is 14.5 Å². The van der Waals surface area contributed by atoms with E-state index >= 15 is 0 Å². The summed E-state index contributed by atoms with van der Waals surface area (Å²) in [6, 6.07) is 10.8. The van der Waals surface area contributed by atoms with Crippen molar-refractivity contribution < 1.29 is 36.3 Å². The molecule has 0 saturated carbocycles. The Bertz CT molecular complexity index is 1210. The molecule has 0 spiro atoms. The van der Waals surface area contributed by atoms with Crippen LogP contribution < -0.4 is 5.32 Å². The summed E-state index contributed by atoms with van der Waals surface area (Å²) < 4.78 is 60.4. The Kier molecular flexibility index (Phi) is 10.5. The van der Waals surface area contributed by atoms with Gasteiger partial charge in [-0.05, 0) is 43.5 Å². The molecular formula is C24H29ClF3N3O5S. The number of aryl methyl sites for hydroxylation is 3. The number of carboxylic acids is 1. The number of carbonyl (C=O) groups is 2. The number of sulfonamides is 1. The average molecular weight is 564 g/mol. The summed E-state index contributed by atoms with van der Waals surface area (Å²) in [5.74, 6) is -2.96. The molecule has 37 heavy (non-hydrogen) atoms. The molecule has 1 aliphatic heterocycles. The fourth-order valence-corrected chi connectivity index (χ4v) is 5.89. The zero-order valence-electron chi connectivity index (χ0n) is 20.6. The quantitative estimate of drug-likeness (QED) is 0.557. The van der Waals surface area contributed by atoms with Gasteiger partial charge in [0.05, 0.1) is 11.4 Å². The van der Waals surface area contributed by atoms with Crippen molar-refractivity contribution in [3.8, 4) is 0 Å². The molecule has 0 aliphatic carbocycles. The standard InChI is InChI=1S/C22H28ClN3O3S.C2HF3O2/c1-16-12-17(2)22(18(3)13-16)30(28,29)26(14-19-6-4-5-7-20(19)23)15-21(27)25-10-8-24-9-11-25;3-2(4,5)1(6)7/h4-7,12-13,24H,8-11,14-15H2,1-3H3;(H,6,7). The monoisotopic (exact) mass is 563 g/mol. The third-order valence-corrected chi connectivity index (χ3v) is 8.00. The minimum atomic E-state index is -5.08. The molecule has 2 aromatic rings. The van der Waals surface area contributed by atoms with Gasteiger partial charge in [-0.25, -0.2) is 13.2 Å². The van der Waals surface area contributed by atoms with E-state index < -0.39 is 22.2 Å². The molecule has 0 atom stereocenters. The van der Waals surface area contributed by atoms with E-state index in [2.05, 4.69) is 5.32 Å². The van der Waals surface area contributed by atoms with Crippen molar-refractivity contribution in [2.75, 3.05) is 32.7 Å². The molecule has 3 rings (SSSR count). The van der Waals surface area contributed by atoms with Gasteiger partial charge in [0, 0.05) is 37.7 Å². The van der Waals surface area contributed by atoms with Gasteiger partial charge in [-0.2, -0.15) is 17.5 Å². The predicted octanol–water partition coefficient (Wildman–Crippen LogP) is 3.52. The number of amides is 1. The third-order valence-electron chi connectivity index (χ3n) is 5.53. The zero-order valence-corrected chi connectivity index (χ0v) is 22.2. The molecule has 0 aromatic heterocycles. The van der Waals surface area contributed by atoms with Gasteiger partial charge < -0.3 is 15.3 Å². The van der Waals surface area contributed by atoms with E-state index in [9.17, 15) is 26.4 Å². The lowest BCUT2D eigenvalue weighted by Gasteiger charge is -2.30. The number of carboxylic acid groups (broad SMARTS) is 1. The Balaban J connectivity index is 0.000000604. The molecule has 8 nitrogen and oxygen atoms in total. The summed E-state index contributed by atoms with van der Waals surface area (Å²) in [5, 5.41) is 10.8. The highest BCUT2D eigenvalue weighted by Gasteiger charge is 2.38. The predicted molar refractivity (Wildman–Crippen MR) is 133 cm³/mol. The average Bonchev–Trinajstić information content (AvgIpc) is 2.79.